The number of nitrogen functional groups attached to an aromatic ring is 1. The van der Waals surface area contributed by atoms with E-state index in [-0.39, 0.29) is 5.91 Å². The number of piperidine rings is 1. The summed E-state index contributed by atoms with van der Waals surface area (Å²) < 4.78 is 0. The molecule has 5 nitrogen and oxygen atoms in total. The second kappa shape index (κ2) is 6.91. The summed E-state index contributed by atoms with van der Waals surface area (Å²) in [5, 5.41) is 12.8. The molecule has 21 heavy (non-hydrogen) atoms. The van der Waals surface area contributed by atoms with E-state index >= 15 is 0 Å². The van der Waals surface area contributed by atoms with Gasteiger partial charge < -0.3 is 21.1 Å². The SMILES string of the molecule is CC1(O)CCN(CCCC(=O)Nc2ccc(N)cc2)CC1. The number of amides is 1. The van der Waals surface area contributed by atoms with Gasteiger partial charge in [-0.25, -0.2) is 0 Å². The van der Waals surface area contributed by atoms with Crippen molar-refractivity contribution >= 4 is 17.3 Å². The monoisotopic (exact) mass is 291 g/mol. The smallest absolute Gasteiger partial charge is 0.224 e. The average Bonchev–Trinajstić information content (AvgIpc) is 2.43. The molecule has 1 heterocycles. The number of nitrogens with two attached hydrogens (primary N) is 1. The highest BCUT2D eigenvalue weighted by atomic mass is 16.3. The van der Waals surface area contributed by atoms with E-state index < -0.39 is 5.60 Å². The van der Waals surface area contributed by atoms with E-state index in [2.05, 4.69) is 10.2 Å². The molecule has 1 aliphatic heterocycles. The Balaban J connectivity index is 1.64. The standard InChI is InChI=1S/C16H25N3O2/c1-16(21)8-11-19(12-9-16)10-2-3-15(20)18-14-6-4-13(17)5-7-14/h4-7,21H,2-3,8-12,17H2,1H3,(H,18,20). The lowest BCUT2D eigenvalue weighted by molar-refractivity contribution is -0.116. The Bertz CT molecular complexity index is 461. The van der Waals surface area contributed by atoms with Crippen LogP contribution in [0.25, 0.3) is 0 Å². The second-order valence-corrected chi connectivity index (χ2v) is 6.11. The number of anilines is 2. The second-order valence-electron chi connectivity index (χ2n) is 6.11. The van der Waals surface area contributed by atoms with Gasteiger partial charge in [-0.3, -0.25) is 4.79 Å². The van der Waals surface area contributed by atoms with E-state index in [0.29, 0.717) is 12.1 Å². The average molecular weight is 291 g/mol. The predicted octanol–water partition coefficient (Wildman–Crippen LogP) is 1.83. The molecule has 1 saturated heterocycles. The van der Waals surface area contributed by atoms with E-state index in [4.69, 9.17) is 5.73 Å². The minimum absolute atomic E-state index is 0.0313. The molecular weight excluding hydrogens is 266 g/mol. The van der Waals surface area contributed by atoms with Gasteiger partial charge in [-0.1, -0.05) is 0 Å². The van der Waals surface area contributed by atoms with Crippen LogP contribution in [-0.2, 0) is 4.79 Å². The molecule has 2 rings (SSSR count). The van der Waals surface area contributed by atoms with E-state index in [1.165, 1.54) is 0 Å². The molecule has 1 aliphatic rings. The maximum Gasteiger partial charge on any atom is 0.224 e. The van der Waals surface area contributed by atoms with Crippen molar-refractivity contribution in [3.63, 3.8) is 0 Å². The van der Waals surface area contributed by atoms with E-state index in [1.807, 2.05) is 6.92 Å². The van der Waals surface area contributed by atoms with Crippen LogP contribution >= 0.6 is 0 Å². The Morgan fingerprint density at radius 1 is 1.33 bits per heavy atom. The number of benzene rings is 1. The maximum atomic E-state index is 11.8. The number of nitrogens with one attached hydrogen (secondary N) is 1. The van der Waals surface area contributed by atoms with Gasteiger partial charge in [0.05, 0.1) is 5.60 Å². The molecule has 1 aromatic rings. The third kappa shape index (κ3) is 5.36. The summed E-state index contributed by atoms with van der Waals surface area (Å²) in [7, 11) is 0. The maximum absolute atomic E-state index is 11.8. The first kappa shape index (κ1) is 15.8. The third-order valence-electron chi connectivity index (χ3n) is 4.01. The normalized spacial score (nSPS) is 18.4. The van der Waals surface area contributed by atoms with Crippen LogP contribution in [0.15, 0.2) is 24.3 Å². The lowest BCUT2D eigenvalue weighted by atomic mass is 9.94. The Hall–Kier alpha value is -1.59. The van der Waals surface area contributed by atoms with E-state index in [0.717, 1.165) is 44.6 Å². The minimum atomic E-state index is -0.511. The van der Waals surface area contributed by atoms with Crippen LogP contribution in [0, 0.1) is 0 Å². The number of hydrogen-bond donors (Lipinski definition) is 3. The molecule has 116 valence electrons. The first-order valence-electron chi connectivity index (χ1n) is 7.55. The third-order valence-corrected chi connectivity index (χ3v) is 4.01. The van der Waals surface area contributed by atoms with Crippen LogP contribution in [0.3, 0.4) is 0 Å². The first-order chi connectivity index (χ1) is 9.94. The number of rotatable bonds is 5. The molecule has 0 bridgehead atoms. The highest BCUT2D eigenvalue weighted by Gasteiger charge is 2.26. The highest BCUT2D eigenvalue weighted by Crippen LogP contribution is 2.21. The summed E-state index contributed by atoms with van der Waals surface area (Å²) in [5.74, 6) is 0.0313. The van der Waals surface area contributed by atoms with Gasteiger partial charge in [0.2, 0.25) is 5.91 Å². The fraction of sp³-hybridized carbons (Fsp3) is 0.562. The highest BCUT2D eigenvalue weighted by molar-refractivity contribution is 5.90. The quantitative estimate of drug-likeness (QED) is 0.723. The van der Waals surface area contributed by atoms with Crippen LogP contribution in [0.2, 0.25) is 0 Å². The van der Waals surface area contributed by atoms with Gasteiger partial charge in [0.15, 0.2) is 0 Å². The number of hydrogen-bond acceptors (Lipinski definition) is 4. The zero-order valence-electron chi connectivity index (χ0n) is 12.6. The molecule has 0 saturated carbocycles. The van der Waals surface area contributed by atoms with Gasteiger partial charge in [0.1, 0.15) is 0 Å². The van der Waals surface area contributed by atoms with E-state index in [9.17, 15) is 9.90 Å². The number of carbonyl (C=O) groups excluding carboxylic acids is 1. The fourth-order valence-corrected chi connectivity index (χ4v) is 2.51. The molecule has 0 aliphatic carbocycles. The Kier molecular flexibility index (Phi) is 5.20. The fourth-order valence-electron chi connectivity index (χ4n) is 2.51. The van der Waals surface area contributed by atoms with Crippen molar-refractivity contribution in [2.24, 2.45) is 0 Å². The molecule has 1 aromatic carbocycles. The number of likely N-dealkylation sites (tertiary alicyclic amines) is 1. The van der Waals surface area contributed by atoms with Crippen LogP contribution in [0.1, 0.15) is 32.6 Å². The van der Waals surface area contributed by atoms with Crippen molar-refractivity contribution in [1.29, 1.82) is 0 Å². The molecule has 4 N–H and O–H groups in total. The summed E-state index contributed by atoms with van der Waals surface area (Å²) in [6, 6.07) is 7.16. The molecule has 1 fully saturated rings. The number of carbonyl (C=O) groups is 1. The van der Waals surface area contributed by atoms with Crippen molar-refractivity contribution in [3.8, 4) is 0 Å². The largest absolute Gasteiger partial charge is 0.399 e. The van der Waals surface area contributed by atoms with Crippen LogP contribution in [0.4, 0.5) is 11.4 Å². The van der Waals surface area contributed by atoms with Crippen molar-refractivity contribution in [1.82, 2.24) is 4.90 Å². The van der Waals surface area contributed by atoms with Gasteiger partial charge in [0, 0.05) is 30.9 Å². The summed E-state index contributed by atoms with van der Waals surface area (Å²) in [6.45, 7) is 4.62. The van der Waals surface area contributed by atoms with Crippen LogP contribution in [-0.4, -0.2) is 41.1 Å². The predicted molar refractivity (Wildman–Crippen MR) is 85.0 cm³/mol. The molecule has 0 spiro atoms. The molecule has 0 atom stereocenters. The van der Waals surface area contributed by atoms with Gasteiger partial charge in [-0.2, -0.15) is 0 Å². The van der Waals surface area contributed by atoms with Crippen LogP contribution in [0.5, 0.6) is 0 Å². The lowest BCUT2D eigenvalue weighted by Crippen LogP contribution is -2.42. The van der Waals surface area contributed by atoms with Crippen molar-refractivity contribution in [2.75, 3.05) is 30.7 Å². The van der Waals surface area contributed by atoms with Gasteiger partial charge in [0.25, 0.3) is 0 Å². The molecule has 0 aromatic heterocycles. The summed E-state index contributed by atoms with van der Waals surface area (Å²) in [6.07, 6.45) is 2.97. The topological polar surface area (TPSA) is 78.6 Å². The lowest BCUT2D eigenvalue weighted by Gasteiger charge is -2.35. The zero-order chi connectivity index (χ0) is 15.3. The van der Waals surface area contributed by atoms with Gasteiger partial charge in [-0.05, 0) is 57.0 Å². The molecule has 0 radical (unpaired) electrons. The number of aliphatic hydroxyl groups is 1. The van der Waals surface area contributed by atoms with Crippen molar-refractivity contribution in [2.45, 2.75) is 38.2 Å². The molecule has 5 heteroatoms. The summed E-state index contributed by atoms with van der Waals surface area (Å²) in [5.41, 5.74) is 6.56. The molecule has 0 unspecified atom stereocenters. The number of nitrogens with zero attached hydrogens (tertiary/aromatic N) is 1. The van der Waals surface area contributed by atoms with Crippen LogP contribution < -0.4 is 11.1 Å². The van der Waals surface area contributed by atoms with Crippen molar-refractivity contribution < 1.29 is 9.90 Å². The first-order valence-corrected chi connectivity index (χ1v) is 7.55. The molecule has 1 amide bonds. The molecular formula is C16H25N3O2. The van der Waals surface area contributed by atoms with E-state index in [1.54, 1.807) is 24.3 Å². The Morgan fingerprint density at radius 2 is 1.95 bits per heavy atom. The van der Waals surface area contributed by atoms with Gasteiger partial charge in [-0.15, -0.1) is 0 Å². The Labute approximate surface area is 126 Å². The Morgan fingerprint density at radius 3 is 2.57 bits per heavy atom. The van der Waals surface area contributed by atoms with Crippen molar-refractivity contribution in [3.05, 3.63) is 24.3 Å². The zero-order valence-corrected chi connectivity index (χ0v) is 12.6. The summed E-state index contributed by atoms with van der Waals surface area (Å²) in [4.78, 5) is 14.2. The minimum Gasteiger partial charge on any atom is -0.399 e. The van der Waals surface area contributed by atoms with Gasteiger partial charge >= 0.3 is 0 Å². The summed E-state index contributed by atoms with van der Waals surface area (Å²) >= 11 is 0.